The second kappa shape index (κ2) is 5.28. The molecule has 1 aromatic carbocycles. The average molecular weight is 272 g/mol. The quantitative estimate of drug-likeness (QED) is 0.901. The van der Waals surface area contributed by atoms with Gasteiger partial charge in [0.15, 0.2) is 5.75 Å². The number of amides is 1. The van der Waals surface area contributed by atoms with Gasteiger partial charge in [0.05, 0.1) is 23.6 Å². The Morgan fingerprint density at radius 2 is 2.25 bits per heavy atom. The number of hydrogen-bond acceptors (Lipinski definition) is 4. The Kier molecular flexibility index (Phi) is 3.33. The lowest BCUT2D eigenvalue weighted by atomic mass is 10.1. The topological polar surface area (TPSA) is 63.5 Å². The Morgan fingerprint density at radius 1 is 1.35 bits per heavy atom. The van der Waals surface area contributed by atoms with Gasteiger partial charge in [-0.1, -0.05) is 6.07 Å². The number of furan rings is 1. The Bertz CT molecular complexity index is 608. The number of fused-ring (bicyclic) bond motifs is 1. The highest BCUT2D eigenvalue weighted by molar-refractivity contribution is 5.99. The van der Waals surface area contributed by atoms with E-state index in [-0.39, 0.29) is 11.9 Å². The highest BCUT2D eigenvalue weighted by Crippen LogP contribution is 2.31. The van der Waals surface area contributed by atoms with Gasteiger partial charge in [0.25, 0.3) is 5.91 Å². The molecule has 1 aliphatic rings. The number of anilines is 1. The standard InChI is InChI=1S/C15H16N2O3/c1-10(13-6-3-8-19-13)17-15(18)11-4-2-5-12-14(11)20-9-7-16-12/h2-6,8,10,16H,7,9H2,1H3,(H,17,18)/t10-/m0/s1. The molecule has 5 heteroatoms. The number of carbonyl (C=O) groups excluding carboxylic acids is 1. The third-order valence-corrected chi connectivity index (χ3v) is 3.24. The molecule has 0 saturated carbocycles. The van der Waals surface area contributed by atoms with Crippen molar-refractivity contribution in [2.24, 2.45) is 0 Å². The van der Waals surface area contributed by atoms with Crippen LogP contribution in [-0.4, -0.2) is 19.1 Å². The summed E-state index contributed by atoms with van der Waals surface area (Å²) in [7, 11) is 0. The van der Waals surface area contributed by atoms with Crippen molar-refractivity contribution in [1.29, 1.82) is 0 Å². The van der Waals surface area contributed by atoms with Gasteiger partial charge in [-0.3, -0.25) is 4.79 Å². The molecule has 0 fully saturated rings. The maximum Gasteiger partial charge on any atom is 0.255 e. The molecule has 0 saturated heterocycles. The van der Waals surface area contributed by atoms with Gasteiger partial charge in [-0.2, -0.15) is 0 Å². The average Bonchev–Trinajstić information content (AvgIpc) is 3.01. The van der Waals surface area contributed by atoms with Gasteiger partial charge in [-0.05, 0) is 31.2 Å². The van der Waals surface area contributed by atoms with E-state index in [0.717, 1.165) is 18.0 Å². The van der Waals surface area contributed by atoms with E-state index in [4.69, 9.17) is 9.15 Å². The van der Waals surface area contributed by atoms with Crippen molar-refractivity contribution in [3.8, 4) is 5.75 Å². The molecule has 1 aliphatic heterocycles. The fraction of sp³-hybridized carbons (Fsp3) is 0.267. The Balaban J connectivity index is 1.81. The molecule has 0 spiro atoms. The highest BCUT2D eigenvalue weighted by Gasteiger charge is 2.21. The van der Waals surface area contributed by atoms with E-state index in [1.807, 2.05) is 25.1 Å². The van der Waals surface area contributed by atoms with Crippen LogP contribution in [0.1, 0.15) is 29.1 Å². The second-order valence-electron chi connectivity index (χ2n) is 4.67. The highest BCUT2D eigenvalue weighted by atomic mass is 16.5. The van der Waals surface area contributed by atoms with Gasteiger partial charge in [0.1, 0.15) is 12.4 Å². The van der Waals surface area contributed by atoms with Gasteiger partial charge in [0, 0.05) is 6.54 Å². The predicted octanol–water partition coefficient (Wildman–Crippen LogP) is 2.57. The summed E-state index contributed by atoms with van der Waals surface area (Å²) in [4.78, 5) is 12.4. The van der Waals surface area contributed by atoms with Crippen LogP contribution in [0.5, 0.6) is 5.75 Å². The van der Waals surface area contributed by atoms with Crippen molar-refractivity contribution in [1.82, 2.24) is 5.32 Å². The molecule has 0 aliphatic carbocycles. The van der Waals surface area contributed by atoms with Crippen molar-refractivity contribution in [3.05, 3.63) is 47.9 Å². The smallest absolute Gasteiger partial charge is 0.255 e. The van der Waals surface area contributed by atoms with E-state index in [9.17, 15) is 4.79 Å². The molecule has 0 unspecified atom stereocenters. The van der Waals surface area contributed by atoms with E-state index in [1.165, 1.54) is 0 Å². The minimum absolute atomic E-state index is 0.172. The lowest BCUT2D eigenvalue weighted by molar-refractivity contribution is 0.0931. The van der Waals surface area contributed by atoms with Gasteiger partial charge in [-0.15, -0.1) is 0 Å². The molecule has 2 aromatic rings. The maximum absolute atomic E-state index is 12.4. The van der Waals surface area contributed by atoms with Crippen molar-refractivity contribution in [2.45, 2.75) is 13.0 Å². The fourth-order valence-corrected chi connectivity index (χ4v) is 2.23. The van der Waals surface area contributed by atoms with Gasteiger partial charge in [-0.25, -0.2) is 0 Å². The molecule has 3 rings (SSSR count). The molecular formula is C15H16N2O3. The van der Waals surface area contributed by atoms with Crippen molar-refractivity contribution in [3.63, 3.8) is 0 Å². The number of nitrogens with one attached hydrogen (secondary N) is 2. The summed E-state index contributed by atoms with van der Waals surface area (Å²) in [5, 5.41) is 6.12. The van der Waals surface area contributed by atoms with E-state index >= 15 is 0 Å². The summed E-state index contributed by atoms with van der Waals surface area (Å²) in [5.74, 6) is 1.17. The number of benzene rings is 1. The Labute approximate surface area is 116 Å². The van der Waals surface area contributed by atoms with Crippen LogP contribution >= 0.6 is 0 Å². The molecule has 2 N–H and O–H groups in total. The summed E-state index contributed by atoms with van der Waals surface area (Å²) in [6.07, 6.45) is 1.59. The van der Waals surface area contributed by atoms with Crippen LogP contribution in [0.2, 0.25) is 0 Å². The lowest BCUT2D eigenvalue weighted by Gasteiger charge is -2.22. The molecule has 2 heterocycles. The van der Waals surface area contributed by atoms with E-state index < -0.39 is 0 Å². The van der Waals surface area contributed by atoms with Crippen LogP contribution in [0.15, 0.2) is 41.0 Å². The SMILES string of the molecule is C[C@H](NC(=O)c1cccc2c1OCCN2)c1ccco1. The first-order valence-electron chi connectivity index (χ1n) is 6.59. The zero-order valence-corrected chi connectivity index (χ0v) is 11.2. The largest absolute Gasteiger partial charge is 0.489 e. The summed E-state index contributed by atoms with van der Waals surface area (Å²) in [6, 6.07) is 8.95. The van der Waals surface area contributed by atoms with Crippen LogP contribution in [0.25, 0.3) is 0 Å². The van der Waals surface area contributed by atoms with Crippen molar-refractivity contribution in [2.75, 3.05) is 18.5 Å². The molecule has 1 aromatic heterocycles. The maximum atomic E-state index is 12.4. The summed E-state index contributed by atoms with van der Waals surface area (Å²) in [6.45, 7) is 3.19. The normalized spacial score (nSPS) is 14.7. The number of para-hydroxylation sites is 1. The zero-order chi connectivity index (χ0) is 13.9. The predicted molar refractivity (Wildman–Crippen MR) is 75.0 cm³/mol. The van der Waals surface area contributed by atoms with Crippen LogP contribution in [0, 0.1) is 0 Å². The fourth-order valence-electron chi connectivity index (χ4n) is 2.23. The number of hydrogen-bond donors (Lipinski definition) is 2. The monoisotopic (exact) mass is 272 g/mol. The van der Waals surface area contributed by atoms with Crippen LogP contribution in [0.3, 0.4) is 0 Å². The number of carbonyl (C=O) groups is 1. The van der Waals surface area contributed by atoms with E-state index in [0.29, 0.717) is 17.9 Å². The number of rotatable bonds is 3. The molecule has 20 heavy (non-hydrogen) atoms. The van der Waals surface area contributed by atoms with Gasteiger partial charge < -0.3 is 19.8 Å². The first kappa shape index (κ1) is 12.6. The third kappa shape index (κ3) is 2.34. The summed E-state index contributed by atoms with van der Waals surface area (Å²) >= 11 is 0. The molecule has 5 nitrogen and oxygen atoms in total. The molecule has 1 amide bonds. The van der Waals surface area contributed by atoms with Crippen LogP contribution in [-0.2, 0) is 0 Å². The van der Waals surface area contributed by atoms with E-state index in [2.05, 4.69) is 10.6 Å². The van der Waals surface area contributed by atoms with E-state index in [1.54, 1.807) is 18.4 Å². The molecular weight excluding hydrogens is 256 g/mol. The second-order valence-corrected chi connectivity index (χ2v) is 4.67. The number of ether oxygens (including phenoxy) is 1. The summed E-state index contributed by atoms with van der Waals surface area (Å²) < 4.78 is 10.9. The molecule has 1 atom stereocenters. The Hall–Kier alpha value is -2.43. The van der Waals surface area contributed by atoms with Crippen molar-refractivity contribution < 1.29 is 13.9 Å². The molecule has 0 bridgehead atoms. The zero-order valence-electron chi connectivity index (χ0n) is 11.2. The Morgan fingerprint density at radius 3 is 3.05 bits per heavy atom. The van der Waals surface area contributed by atoms with Gasteiger partial charge in [0.2, 0.25) is 0 Å². The third-order valence-electron chi connectivity index (χ3n) is 3.24. The molecule has 104 valence electrons. The van der Waals surface area contributed by atoms with Gasteiger partial charge >= 0.3 is 0 Å². The minimum atomic E-state index is -0.190. The van der Waals surface area contributed by atoms with Crippen LogP contribution in [0.4, 0.5) is 5.69 Å². The summed E-state index contributed by atoms with van der Waals surface area (Å²) in [5.41, 5.74) is 1.39. The van der Waals surface area contributed by atoms with Crippen LogP contribution < -0.4 is 15.4 Å². The van der Waals surface area contributed by atoms with Crippen molar-refractivity contribution >= 4 is 11.6 Å². The molecule has 0 radical (unpaired) electrons. The first-order valence-corrected chi connectivity index (χ1v) is 6.59. The first-order chi connectivity index (χ1) is 9.75. The lowest BCUT2D eigenvalue weighted by Crippen LogP contribution is -2.28. The minimum Gasteiger partial charge on any atom is -0.489 e.